The number of ether oxygens (including phenoxy) is 2. The molecule has 142 valence electrons. The Bertz CT molecular complexity index is 895. The summed E-state index contributed by atoms with van der Waals surface area (Å²) in [5, 5.41) is 24.6. The molecule has 0 aromatic heterocycles. The molecule has 0 spiro atoms. The van der Waals surface area contributed by atoms with Crippen LogP contribution in [0.15, 0.2) is 35.4 Å². The predicted octanol–water partition coefficient (Wildman–Crippen LogP) is 2.45. The number of phenolic OH excluding ortho intramolecular Hbond substituents is 1. The van der Waals surface area contributed by atoms with Crippen LogP contribution in [0.25, 0.3) is 0 Å². The van der Waals surface area contributed by atoms with Gasteiger partial charge in [0.25, 0.3) is 11.6 Å². The molecule has 0 aliphatic heterocycles. The summed E-state index contributed by atoms with van der Waals surface area (Å²) in [6.45, 7) is 3.57. The highest BCUT2D eigenvalue weighted by Gasteiger charge is 2.15. The van der Waals surface area contributed by atoms with Crippen LogP contribution in [0.4, 0.5) is 5.69 Å². The minimum atomic E-state index is -0.629. The van der Waals surface area contributed by atoms with Crippen LogP contribution in [-0.2, 0) is 4.79 Å². The molecule has 27 heavy (non-hydrogen) atoms. The molecular weight excluding hydrogens is 354 g/mol. The minimum absolute atomic E-state index is 0.0247. The van der Waals surface area contributed by atoms with Gasteiger partial charge in [-0.25, -0.2) is 5.43 Å². The van der Waals surface area contributed by atoms with E-state index in [0.717, 1.165) is 29.5 Å². The molecule has 1 amide bonds. The van der Waals surface area contributed by atoms with Gasteiger partial charge in [-0.2, -0.15) is 5.10 Å². The molecule has 0 fully saturated rings. The molecule has 2 N–H and O–H groups in total. The summed E-state index contributed by atoms with van der Waals surface area (Å²) in [5.41, 5.74) is 3.96. The number of amides is 1. The second-order valence-electron chi connectivity index (χ2n) is 5.69. The molecule has 0 saturated carbocycles. The maximum absolute atomic E-state index is 11.8. The minimum Gasteiger partial charge on any atom is -0.504 e. The van der Waals surface area contributed by atoms with Crippen LogP contribution in [0.3, 0.4) is 0 Å². The van der Waals surface area contributed by atoms with Crippen molar-refractivity contribution in [1.29, 1.82) is 0 Å². The normalized spacial score (nSPS) is 10.6. The van der Waals surface area contributed by atoms with Gasteiger partial charge in [0.15, 0.2) is 18.1 Å². The Labute approximate surface area is 155 Å². The van der Waals surface area contributed by atoms with Gasteiger partial charge in [-0.1, -0.05) is 17.7 Å². The van der Waals surface area contributed by atoms with Crippen molar-refractivity contribution in [1.82, 2.24) is 5.43 Å². The summed E-state index contributed by atoms with van der Waals surface area (Å²) in [6.07, 6.45) is 1.08. The fraction of sp³-hybridized carbons (Fsp3) is 0.222. The maximum Gasteiger partial charge on any atom is 0.277 e. The van der Waals surface area contributed by atoms with Gasteiger partial charge in [-0.3, -0.25) is 14.9 Å². The predicted molar refractivity (Wildman–Crippen MR) is 98.5 cm³/mol. The van der Waals surface area contributed by atoms with E-state index in [1.807, 2.05) is 26.0 Å². The number of non-ortho nitro benzene ring substituents is 1. The lowest BCUT2D eigenvalue weighted by Crippen LogP contribution is -2.24. The molecule has 9 nitrogen and oxygen atoms in total. The fourth-order valence-electron chi connectivity index (χ4n) is 2.28. The number of nitrogens with zero attached hydrogens (tertiary/aromatic N) is 2. The van der Waals surface area contributed by atoms with Crippen LogP contribution in [0, 0.1) is 24.0 Å². The highest BCUT2D eigenvalue weighted by atomic mass is 16.6. The lowest BCUT2D eigenvalue weighted by molar-refractivity contribution is -0.385. The van der Waals surface area contributed by atoms with E-state index in [0.29, 0.717) is 5.75 Å². The average molecular weight is 373 g/mol. The highest BCUT2D eigenvalue weighted by molar-refractivity contribution is 5.87. The molecule has 0 aliphatic carbocycles. The largest absolute Gasteiger partial charge is 0.504 e. The van der Waals surface area contributed by atoms with E-state index in [9.17, 15) is 20.0 Å². The van der Waals surface area contributed by atoms with Crippen molar-refractivity contribution >= 4 is 17.8 Å². The first-order valence-corrected chi connectivity index (χ1v) is 7.89. The Hall–Kier alpha value is -3.62. The first kappa shape index (κ1) is 19.7. The van der Waals surface area contributed by atoms with Gasteiger partial charge >= 0.3 is 0 Å². The molecular formula is C18H19N3O6. The number of hydrazone groups is 1. The third-order valence-corrected chi connectivity index (χ3v) is 3.60. The first-order chi connectivity index (χ1) is 12.8. The third kappa shape index (κ3) is 5.18. The Kier molecular flexibility index (Phi) is 6.32. The van der Waals surface area contributed by atoms with E-state index in [1.54, 1.807) is 6.07 Å². The van der Waals surface area contributed by atoms with Crippen molar-refractivity contribution in [2.75, 3.05) is 13.7 Å². The van der Waals surface area contributed by atoms with Crippen molar-refractivity contribution in [2.24, 2.45) is 5.10 Å². The molecule has 0 aliphatic rings. The van der Waals surface area contributed by atoms with E-state index in [-0.39, 0.29) is 29.4 Å². The van der Waals surface area contributed by atoms with E-state index in [4.69, 9.17) is 9.47 Å². The Morgan fingerprint density at radius 2 is 2.04 bits per heavy atom. The van der Waals surface area contributed by atoms with Gasteiger partial charge in [0, 0.05) is 11.6 Å². The number of nitro groups is 1. The lowest BCUT2D eigenvalue weighted by atomic mass is 10.1. The fourth-order valence-corrected chi connectivity index (χ4v) is 2.28. The number of methoxy groups -OCH3 is 1. The number of hydrogen-bond acceptors (Lipinski definition) is 7. The number of carbonyl (C=O) groups is 1. The molecule has 0 heterocycles. The molecule has 0 atom stereocenters. The van der Waals surface area contributed by atoms with Crippen LogP contribution in [0.1, 0.15) is 16.7 Å². The summed E-state index contributed by atoms with van der Waals surface area (Å²) < 4.78 is 10.3. The van der Waals surface area contributed by atoms with Crippen LogP contribution >= 0.6 is 0 Å². The average Bonchev–Trinajstić information content (AvgIpc) is 2.62. The number of aromatic hydroxyl groups is 1. The number of aryl methyl sites for hydroxylation is 2. The van der Waals surface area contributed by atoms with Crippen molar-refractivity contribution in [3.8, 4) is 17.2 Å². The standard InChI is InChI=1S/C18H19N3O6/c1-11-4-5-15(12(2)6-11)27-10-17(22)20-19-9-13-7-14(21(24)25)8-16(26-3)18(13)23/h4-9,23H,10H2,1-3H3,(H,20,22)/b19-9-. The number of hydrogen-bond donors (Lipinski definition) is 2. The monoisotopic (exact) mass is 373 g/mol. The number of rotatable bonds is 7. The maximum atomic E-state index is 11.8. The molecule has 0 saturated heterocycles. The topological polar surface area (TPSA) is 123 Å². The smallest absolute Gasteiger partial charge is 0.277 e. The lowest BCUT2D eigenvalue weighted by Gasteiger charge is -2.08. The van der Waals surface area contributed by atoms with E-state index < -0.39 is 10.8 Å². The van der Waals surface area contributed by atoms with Crippen LogP contribution < -0.4 is 14.9 Å². The van der Waals surface area contributed by atoms with Crippen LogP contribution in [-0.4, -0.2) is 35.9 Å². The zero-order valence-electron chi connectivity index (χ0n) is 15.1. The van der Waals surface area contributed by atoms with Gasteiger partial charge in [-0.05, 0) is 25.5 Å². The van der Waals surface area contributed by atoms with Gasteiger partial charge in [0.1, 0.15) is 5.75 Å². The number of phenols is 1. The van der Waals surface area contributed by atoms with Crippen LogP contribution in [0.2, 0.25) is 0 Å². The molecule has 2 aromatic carbocycles. The number of nitro benzene ring substituents is 1. The van der Waals surface area contributed by atoms with Crippen molar-refractivity contribution in [3.05, 3.63) is 57.1 Å². The van der Waals surface area contributed by atoms with Crippen molar-refractivity contribution < 1.29 is 24.3 Å². The molecule has 0 unspecified atom stereocenters. The van der Waals surface area contributed by atoms with Gasteiger partial charge < -0.3 is 14.6 Å². The molecule has 9 heteroatoms. The molecule has 0 radical (unpaired) electrons. The number of benzene rings is 2. The summed E-state index contributed by atoms with van der Waals surface area (Å²) in [5.74, 6) is -0.341. The quantitative estimate of drug-likeness (QED) is 0.436. The van der Waals surface area contributed by atoms with Gasteiger partial charge in [0.05, 0.1) is 24.3 Å². The molecule has 2 rings (SSSR count). The van der Waals surface area contributed by atoms with Gasteiger partial charge in [0.2, 0.25) is 0 Å². The summed E-state index contributed by atoms with van der Waals surface area (Å²) >= 11 is 0. The van der Waals surface area contributed by atoms with E-state index >= 15 is 0 Å². The van der Waals surface area contributed by atoms with Gasteiger partial charge in [-0.15, -0.1) is 0 Å². The highest BCUT2D eigenvalue weighted by Crippen LogP contribution is 2.33. The summed E-state index contributed by atoms with van der Waals surface area (Å²) in [6, 6.07) is 7.78. The molecule has 0 bridgehead atoms. The Morgan fingerprint density at radius 1 is 1.30 bits per heavy atom. The SMILES string of the molecule is COc1cc([N+](=O)[O-])cc(/C=N\NC(=O)COc2ccc(C)cc2C)c1O. The summed E-state index contributed by atoms with van der Waals surface area (Å²) in [7, 11) is 1.27. The van der Waals surface area contributed by atoms with Crippen molar-refractivity contribution in [3.63, 3.8) is 0 Å². The Balaban J connectivity index is 2.01. The number of nitrogens with one attached hydrogen (secondary N) is 1. The third-order valence-electron chi connectivity index (χ3n) is 3.60. The zero-order valence-corrected chi connectivity index (χ0v) is 15.1. The van der Waals surface area contributed by atoms with E-state index in [2.05, 4.69) is 10.5 Å². The molecule has 2 aromatic rings. The first-order valence-electron chi connectivity index (χ1n) is 7.89. The summed E-state index contributed by atoms with van der Waals surface area (Å²) in [4.78, 5) is 22.1. The zero-order chi connectivity index (χ0) is 20.0. The van der Waals surface area contributed by atoms with E-state index in [1.165, 1.54) is 7.11 Å². The second kappa shape index (κ2) is 8.65. The Morgan fingerprint density at radius 3 is 2.67 bits per heavy atom. The van der Waals surface area contributed by atoms with Crippen molar-refractivity contribution in [2.45, 2.75) is 13.8 Å². The second-order valence-corrected chi connectivity index (χ2v) is 5.69. The van der Waals surface area contributed by atoms with Crippen LogP contribution in [0.5, 0.6) is 17.2 Å². The number of carbonyl (C=O) groups excluding carboxylic acids is 1.